The van der Waals surface area contributed by atoms with Gasteiger partial charge in [-0.2, -0.15) is 5.26 Å². The second-order valence-electron chi connectivity index (χ2n) is 8.76. The molecule has 0 saturated heterocycles. The molecule has 174 valence electrons. The van der Waals surface area contributed by atoms with E-state index in [0.29, 0.717) is 17.9 Å². The van der Waals surface area contributed by atoms with Crippen molar-refractivity contribution in [2.24, 2.45) is 0 Å². The Hall–Kier alpha value is -4.76. The fraction of sp³-hybridized carbons (Fsp3) is 0.100. The lowest BCUT2D eigenvalue weighted by molar-refractivity contribution is 0.305. The maximum Gasteiger partial charge on any atom is 0.160 e. The summed E-state index contributed by atoms with van der Waals surface area (Å²) < 4.78 is 22.2. The Morgan fingerprint density at radius 2 is 1.86 bits per heavy atom. The monoisotopic (exact) mass is 472 g/mol. The standard InChI is InChI=1S/C30H21FN4O/c1-19(16-32)29-23-11-9-20(14-21(23)18-36-28-15-22(31)10-12-24(28)29)17-35-27-8-3-2-6-25(27)34-30(35)26-7-4-5-13-33-26/h2-15H,17-18H2,1H3/b29-19-. The highest BCUT2D eigenvalue weighted by molar-refractivity contribution is 5.88. The molecule has 0 fully saturated rings. The van der Waals surface area contributed by atoms with Gasteiger partial charge in [-0.3, -0.25) is 4.98 Å². The van der Waals surface area contributed by atoms with Crippen molar-refractivity contribution in [1.82, 2.24) is 14.5 Å². The van der Waals surface area contributed by atoms with Gasteiger partial charge >= 0.3 is 0 Å². The van der Waals surface area contributed by atoms with Gasteiger partial charge in [-0.1, -0.05) is 30.3 Å². The molecule has 5 nitrogen and oxygen atoms in total. The number of halogens is 1. The van der Waals surface area contributed by atoms with Crippen LogP contribution in [0.5, 0.6) is 5.75 Å². The van der Waals surface area contributed by atoms with Crippen LogP contribution >= 0.6 is 0 Å². The summed E-state index contributed by atoms with van der Waals surface area (Å²) in [5.74, 6) is 0.866. The summed E-state index contributed by atoms with van der Waals surface area (Å²) in [4.78, 5) is 9.39. The number of benzene rings is 3. The number of para-hydroxylation sites is 2. The second-order valence-corrected chi connectivity index (χ2v) is 8.76. The molecule has 6 rings (SSSR count). The molecule has 36 heavy (non-hydrogen) atoms. The molecule has 3 aromatic carbocycles. The summed E-state index contributed by atoms with van der Waals surface area (Å²) in [5, 5.41) is 9.71. The summed E-state index contributed by atoms with van der Waals surface area (Å²) in [6.07, 6.45) is 1.77. The van der Waals surface area contributed by atoms with Crippen LogP contribution in [-0.4, -0.2) is 14.5 Å². The van der Waals surface area contributed by atoms with Gasteiger partial charge in [0.15, 0.2) is 5.82 Å². The predicted molar refractivity (Wildman–Crippen MR) is 137 cm³/mol. The normalized spacial score (nSPS) is 13.8. The van der Waals surface area contributed by atoms with E-state index < -0.39 is 0 Å². The highest BCUT2D eigenvalue weighted by Gasteiger charge is 2.23. The third-order valence-electron chi connectivity index (χ3n) is 6.47. The van der Waals surface area contributed by atoms with E-state index in [1.165, 1.54) is 12.1 Å². The van der Waals surface area contributed by atoms with Crippen LogP contribution in [-0.2, 0) is 13.2 Å². The zero-order valence-corrected chi connectivity index (χ0v) is 19.6. The van der Waals surface area contributed by atoms with Crippen molar-refractivity contribution in [3.63, 3.8) is 0 Å². The summed E-state index contributed by atoms with van der Waals surface area (Å²) in [7, 11) is 0. The van der Waals surface area contributed by atoms with Crippen LogP contribution in [0.1, 0.15) is 29.2 Å². The van der Waals surface area contributed by atoms with Gasteiger partial charge in [-0.15, -0.1) is 0 Å². The third-order valence-corrected chi connectivity index (χ3v) is 6.47. The zero-order chi connectivity index (χ0) is 24.6. The number of imidazole rings is 1. The summed E-state index contributed by atoms with van der Waals surface area (Å²) in [5.41, 5.74) is 7.70. The molecule has 0 unspecified atom stereocenters. The first-order valence-electron chi connectivity index (χ1n) is 11.6. The van der Waals surface area contributed by atoms with E-state index in [9.17, 15) is 9.65 Å². The first-order valence-corrected chi connectivity index (χ1v) is 11.6. The fourth-order valence-corrected chi connectivity index (χ4v) is 4.80. The Kier molecular flexibility index (Phi) is 5.31. The number of nitrogens with zero attached hydrogens (tertiary/aromatic N) is 4. The summed E-state index contributed by atoms with van der Waals surface area (Å²) >= 11 is 0. The molecular formula is C30H21FN4O. The molecule has 0 saturated carbocycles. The van der Waals surface area contributed by atoms with Gasteiger partial charge in [-0.25, -0.2) is 9.37 Å². The Bertz CT molecular complexity index is 1700. The van der Waals surface area contributed by atoms with E-state index in [-0.39, 0.29) is 12.4 Å². The third kappa shape index (κ3) is 3.71. The lowest BCUT2D eigenvalue weighted by Gasteiger charge is -2.14. The summed E-state index contributed by atoms with van der Waals surface area (Å²) in [6, 6.07) is 26.8. The van der Waals surface area contributed by atoms with Crippen LogP contribution in [0.15, 0.2) is 90.6 Å². The highest BCUT2D eigenvalue weighted by Crippen LogP contribution is 2.39. The van der Waals surface area contributed by atoms with E-state index in [0.717, 1.165) is 50.4 Å². The first-order chi connectivity index (χ1) is 17.6. The molecule has 0 N–H and O–H groups in total. The van der Waals surface area contributed by atoms with Crippen molar-refractivity contribution < 1.29 is 9.13 Å². The van der Waals surface area contributed by atoms with E-state index in [4.69, 9.17) is 9.72 Å². The van der Waals surface area contributed by atoms with Gasteiger partial charge < -0.3 is 9.30 Å². The molecule has 1 aliphatic heterocycles. The van der Waals surface area contributed by atoms with E-state index in [1.807, 2.05) is 42.5 Å². The Morgan fingerprint density at radius 1 is 1.03 bits per heavy atom. The number of pyridine rings is 1. The number of hydrogen-bond donors (Lipinski definition) is 0. The molecule has 2 aromatic heterocycles. The Labute approximate surface area is 207 Å². The van der Waals surface area contributed by atoms with Crippen LogP contribution in [0.2, 0.25) is 0 Å². The van der Waals surface area contributed by atoms with Crippen LogP contribution in [0.4, 0.5) is 4.39 Å². The van der Waals surface area contributed by atoms with Crippen LogP contribution in [0.3, 0.4) is 0 Å². The number of aromatic nitrogens is 3. The molecule has 6 heteroatoms. The largest absolute Gasteiger partial charge is 0.488 e. The zero-order valence-electron chi connectivity index (χ0n) is 19.6. The van der Waals surface area contributed by atoms with Crippen LogP contribution < -0.4 is 4.74 Å². The van der Waals surface area contributed by atoms with Gasteiger partial charge in [0.05, 0.1) is 17.1 Å². The second kappa shape index (κ2) is 8.79. The lowest BCUT2D eigenvalue weighted by atomic mass is 9.90. The molecule has 3 heterocycles. The Balaban J connectivity index is 1.47. The number of fused-ring (bicyclic) bond motifs is 3. The number of nitriles is 1. The molecule has 0 radical (unpaired) electrons. The van der Waals surface area contributed by atoms with E-state index in [2.05, 4.69) is 33.8 Å². The van der Waals surface area contributed by atoms with Crippen LogP contribution in [0.25, 0.3) is 28.1 Å². The average molecular weight is 473 g/mol. The smallest absolute Gasteiger partial charge is 0.160 e. The lowest BCUT2D eigenvalue weighted by Crippen LogP contribution is -2.05. The first kappa shape index (κ1) is 21.8. The van der Waals surface area contributed by atoms with Crippen molar-refractivity contribution >= 4 is 16.6 Å². The van der Waals surface area contributed by atoms with Crippen molar-refractivity contribution in [2.45, 2.75) is 20.1 Å². The minimum Gasteiger partial charge on any atom is -0.488 e. The van der Waals surface area contributed by atoms with E-state index >= 15 is 0 Å². The Morgan fingerprint density at radius 3 is 2.69 bits per heavy atom. The maximum atomic E-state index is 14.0. The quantitative estimate of drug-likeness (QED) is 0.280. The van der Waals surface area contributed by atoms with Crippen molar-refractivity contribution in [3.8, 4) is 23.3 Å². The van der Waals surface area contributed by atoms with Crippen molar-refractivity contribution in [3.05, 3.63) is 119 Å². The molecule has 0 amide bonds. The summed E-state index contributed by atoms with van der Waals surface area (Å²) in [6.45, 7) is 2.64. The molecule has 0 spiro atoms. The molecular weight excluding hydrogens is 451 g/mol. The molecule has 5 aromatic rings. The maximum absolute atomic E-state index is 14.0. The molecule has 1 aliphatic rings. The molecule has 0 bridgehead atoms. The predicted octanol–water partition coefficient (Wildman–Crippen LogP) is 6.52. The van der Waals surface area contributed by atoms with Crippen molar-refractivity contribution in [2.75, 3.05) is 0 Å². The minimum absolute atomic E-state index is 0.277. The highest BCUT2D eigenvalue weighted by atomic mass is 19.1. The van der Waals surface area contributed by atoms with Gasteiger partial charge in [0.25, 0.3) is 0 Å². The SMILES string of the molecule is C/C(C#N)=C1\c2ccc(Cn3c(-c4ccccn4)nc4ccccc43)cc2COc2cc(F)ccc21. The molecule has 0 aliphatic carbocycles. The van der Waals surface area contributed by atoms with Gasteiger partial charge in [-0.05, 0) is 66.1 Å². The number of rotatable bonds is 3. The van der Waals surface area contributed by atoms with Crippen LogP contribution in [0, 0.1) is 17.1 Å². The van der Waals surface area contributed by atoms with Gasteiger partial charge in [0.1, 0.15) is 23.9 Å². The van der Waals surface area contributed by atoms with Gasteiger partial charge in [0, 0.05) is 35.5 Å². The molecule has 0 atom stereocenters. The average Bonchev–Trinajstić information content (AvgIpc) is 3.19. The van der Waals surface area contributed by atoms with E-state index in [1.54, 1.807) is 19.2 Å². The number of hydrogen-bond acceptors (Lipinski definition) is 4. The fourth-order valence-electron chi connectivity index (χ4n) is 4.80. The minimum atomic E-state index is -0.372. The van der Waals surface area contributed by atoms with Gasteiger partial charge in [0.2, 0.25) is 0 Å². The number of allylic oxidation sites excluding steroid dienone is 1. The van der Waals surface area contributed by atoms with Crippen molar-refractivity contribution in [1.29, 1.82) is 5.26 Å². The topological polar surface area (TPSA) is 63.7 Å². The number of ether oxygens (including phenoxy) is 1.